The summed E-state index contributed by atoms with van der Waals surface area (Å²) >= 11 is 0. The molecule has 0 amide bonds. The maximum atomic E-state index is 14.5. The Hall–Kier alpha value is -2.74. The Labute approximate surface area is 155 Å². The average Bonchev–Trinajstić information content (AvgIpc) is 3.05. The van der Waals surface area contributed by atoms with Crippen molar-refractivity contribution >= 4 is 11.5 Å². The second-order valence-corrected chi connectivity index (χ2v) is 7.17. The Balaban J connectivity index is 1.73. The molecule has 0 bridgehead atoms. The minimum Gasteiger partial charge on any atom is -0.507 e. The number of hydrogen-bond acceptors (Lipinski definition) is 5. The van der Waals surface area contributed by atoms with E-state index in [1.807, 2.05) is 11.9 Å². The van der Waals surface area contributed by atoms with Gasteiger partial charge in [-0.2, -0.15) is 0 Å². The van der Waals surface area contributed by atoms with Gasteiger partial charge >= 0.3 is 0 Å². The van der Waals surface area contributed by atoms with Crippen LogP contribution in [-0.2, 0) is 0 Å². The molecule has 3 aromatic rings. The first-order valence-corrected chi connectivity index (χ1v) is 8.84. The maximum absolute atomic E-state index is 14.5. The smallest absolute Gasteiger partial charge is 0.228 e. The zero-order valence-electron chi connectivity index (χ0n) is 15.2. The number of aryl methyl sites for hydroxylation is 1. The Morgan fingerprint density at radius 1 is 1.26 bits per heavy atom. The third kappa shape index (κ3) is 3.32. The molecule has 1 saturated heterocycles. The van der Waals surface area contributed by atoms with Crippen molar-refractivity contribution in [2.45, 2.75) is 25.6 Å². The number of likely N-dealkylation sites (N-methyl/N-ethyl adjacent to an activating group) is 1. The fourth-order valence-electron chi connectivity index (χ4n) is 3.72. The van der Waals surface area contributed by atoms with Crippen LogP contribution in [0, 0.1) is 12.7 Å². The van der Waals surface area contributed by atoms with E-state index in [9.17, 15) is 13.9 Å². The van der Waals surface area contributed by atoms with Crippen LogP contribution in [0.5, 0.6) is 5.75 Å². The van der Waals surface area contributed by atoms with E-state index < -0.39 is 12.0 Å². The summed E-state index contributed by atoms with van der Waals surface area (Å²) in [5.41, 5.74) is 1.49. The van der Waals surface area contributed by atoms with Gasteiger partial charge in [0, 0.05) is 31.7 Å². The van der Waals surface area contributed by atoms with Crippen molar-refractivity contribution in [1.82, 2.24) is 19.5 Å². The van der Waals surface area contributed by atoms with Crippen LogP contribution in [0.4, 0.5) is 14.7 Å². The molecule has 27 heavy (non-hydrogen) atoms. The molecule has 2 N–H and O–H groups in total. The molecule has 0 unspecified atom stereocenters. The summed E-state index contributed by atoms with van der Waals surface area (Å²) < 4.78 is 30.1. The first-order valence-electron chi connectivity index (χ1n) is 8.84. The van der Waals surface area contributed by atoms with Crippen molar-refractivity contribution < 1.29 is 13.9 Å². The van der Waals surface area contributed by atoms with E-state index in [0.29, 0.717) is 36.5 Å². The van der Waals surface area contributed by atoms with E-state index in [-0.39, 0.29) is 23.0 Å². The number of phenolic OH excluding ortho intramolecular Hbond substituents is 1. The second kappa shape index (κ2) is 6.77. The lowest BCUT2D eigenvalue weighted by Gasteiger charge is -2.32. The summed E-state index contributed by atoms with van der Waals surface area (Å²) in [6.07, 6.45) is 1.27. The Morgan fingerprint density at radius 2 is 2.07 bits per heavy atom. The lowest BCUT2D eigenvalue weighted by Crippen LogP contribution is -2.45. The molecular weight excluding hydrogens is 352 g/mol. The number of likely N-dealkylation sites (tertiary alicyclic amines) is 1. The number of rotatable bonds is 3. The van der Waals surface area contributed by atoms with Crippen LogP contribution in [0.15, 0.2) is 30.5 Å². The minimum atomic E-state index is -0.896. The number of nitrogens with zero attached hydrogens (tertiary/aromatic N) is 4. The molecule has 1 aromatic carbocycles. The number of fused-ring (bicyclic) bond motifs is 1. The monoisotopic (exact) mass is 373 g/mol. The highest BCUT2D eigenvalue weighted by Crippen LogP contribution is 2.34. The van der Waals surface area contributed by atoms with Crippen LogP contribution in [0.3, 0.4) is 0 Å². The van der Waals surface area contributed by atoms with Crippen molar-refractivity contribution in [2.24, 2.45) is 0 Å². The number of aromatic nitrogens is 3. The number of benzene rings is 1. The summed E-state index contributed by atoms with van der Waals surface area (Å²) in [6, 6.07) is 6.31. The molecule has 0 aliphatic carbocycles. The van der Waals surface area contributed by atoms with Gasteiger partial charge in [0.15, 0.2) is 0 Å². The molecule has 4 rings (SSSR count). The standard InChI is InChI=1S/C19H21F2N5O/c1-11-6-14(21)17(16(27)7-11)18-15-4-3-5-26(15)19(24-23-18)22-13-8-12(20)9-25(2)10-13/h3-7,12-13,27H,8-10H2,1-2H3,(H,22,24)/t12-,13-/m1/s1. The quantitative estimate of drug-likeness (QED) is 0.739. The number of alkyl halides is 1. The zero-order valence-corrected chi connectivity index (χ0v) is 15.2. The van der Waals surface area contributed by atoms with Gasteiger partial charge in [-0.25, -0.2) is 8.78 Å². The van der Waals surface area contributed by atoms with E-state index in [4.69, 9.17) is 0 Å². The Morgan fingerprint density at radius 3 is 2.81 bits per heavy atom. The van der Waals surface area contributed by atoms with Gasteiger partial charge in [-0.3, -0.25) is 4.40 Å². The van der Waals surface area contributed by atoms with Gasteiger partial charge in [0.25, 0.3) is 0 Å². The highest BCUT2D eigenvalue weighted by molar-refractivity contribution is 5.81. The molecule has 1 aliphatic heterocycles. The third-order valence-corrected chi connectivity index (χ3v) is 4.83. The van der Waals surface area contributed by atoms with Crippen molar-refractivity contribution in [3.8, 4) is 17.0 Å². The highest BCUT2D eigenvalue weighted by Gasteiger charge is 2.26. The maximum Gasteiger partial charge on any atom is 0.228 e. The lowest BCUT2D eigenvalue weighted by atomic mass is 10.1. The van der Waals surface area contributed by atoms with Crippen LogP contribution in [0.2, 0.25) is 0 Å². The van der Waals surface area contributed by atoms with Crippen LogP contribution >= 0.6 is 0 Å². The summed E-state index contributed by atoms with van der Waals surface area (Å²) in [5.74, 6) is -0.280. The molecular formula is C19H21F2N5O. The minimum absolute atomic E-state index is 0.0181. The molecule has 1 fully saturated rings. The van der Waals surface area contributed by atoms with E-state index in [2.05, 4.69) is 15.5 Å². The molecule has 8 heteroatoms. The van der Waals surface area contributed by atoms with E-state index in [0.717, 1.165) is 0 Å². The van der Waals surface area contributed by atoms with E-state index >= 15 is 0 Å². The van der Waals surface area contributed by atoms with Gasteiger partial charge in [0.05, 0.1) is 11.1 Å². The summed E-state index contributed by atoms with van der Waals surface area (Å²) in [5, 5.41) is 21.8. The fourth-order valence-corrected chi connectivity index (χ4v) is 3.72. The highest BCUT2D eigenvalue weighted by atomic mass is 19.1. The van der Waals surface area contributed by atoms with Crippen molar-refractivity contribution in [2.75, 3.05) is 25.5 Å². The predicted molar refractivity (Wildman–Crippen MR) is 99.2 cm³/mol. The molecule has 0 radical (unpaired) electrons. The number of aromatic hydroxyl groups is 1. The molecule has 0 saturated carbocycles. The van der Waals surface area contributed by atoms with Crippen LogP contribution in [0.1, 0.15) is 12.0 Å². The summed E-state index contributed by atoms with van der Waals surface area (Å²) in [6.45, 7) is 2.82. The molecule has 0 spiro atoms. The van der Waals surface area contributed by atoms with Crippen molar-refractivity contribution in [1.29, 1.82) is 0 Å². The number of nitrogens with one attached hydrogen (secondary N) is 1. The largest absolute Gasteiger partial charge is 0.507 e. The van der Waals surface area contributed by atoms with Gasteiger partial charge in [-0.15, -0.1) is 10.2 Å². The van der Waals surface area contributed by atoms with Gasteiger partial charge in [0.2, 0.25) is 5.95 Å². The summed E-state index contributed by atoms with van der Waals surface area (Å²) in [4.78, 5) is 1.93. The number of phenols is 1. The van der Waals surface area contributed by atoms with Gasteiger partial charge in [-0.05, 0) is 43.8 Å². The summed E-state index contributed by atoms with van der Waals surface area (Å²) in [7, 11) is 1.88. The number of piperidine rings is 1. The van der Waals surface area contributed by atoms with Gasteiger partial charge in [-0.1, -0.05) is 0 Å². The van der Waals surface area contributed by atoms with Crippen LogP contribution < -0.4 is 5.32 Å². The Bertz CT molecular complexity index is 956. The lowest BCUT2D eigenvalue weighted by molar-refractivity contribution is 0.153. The fraction of sp³-hybridized carbons (Fsp3) is 0.368. The molecule has 2 atom stereocenters. The van der Waals surface area contributed by atoms with Gasteiger partial charge in [0.1, 0.15) is 23.4 Å². The van der Waals surface area contributed by atoms with Gasteiger partial charge < -0.3 is 15.3 Å². The van der Waals surface area contributed by atoms with E-state index in [1.165, 1.54) is 12.1 Å². The Kier molecular flexibility index (Phi) is 4.43. The van der Waals surface area contributed by atoms with Crippen molar-refractivity contribution in [3.05, 3.63) is 41.8 Å². The molecule has 2 aromatic heterocycles. The normalized spacial score (nSPS) is 20.9. The van der Waals surface area contributed by atoms with Crippen molar-refractivity contribution in [3.63, 3.8) is 0 Å². The molecule has 1 aliphatic rings. The average molecular weight is 373 g/mol. The molecule has 3 heterocycles. The van der Waals surface area contributed by atoms with Crippen LogP contribution in [-0.4, -0.2) is 57.0 Å². The predicted octanol–water partition coefficient (Wildman–Crippen LogP) is 3.00. The molecule has 142 valence electrons. The van der Waals surface area contributed by atoms with E-state index in [1.54, 1.807) is 29.7 Å². The number of hydrogen-bond donors (Lipinski definition) is 2. The first-order chi connectivity index (χ1) is 12.9. The topological polar surface area (TPSA) is 65.7 Å². The zero-order chi connectivity index (χ0) is 19.1. The first kappa shape index (κ1) is 17.7. The van der Waals surface area contributed by atoms with Crippen LogP contribution in [0.25, 0.3) is 16.8 Å². The molecule has 6 nitrogen and oxygen atoms in total. The SMILES string of the molecule is Cc1cc(O)c(-c2nnc(N[C@@H]3C[C@@H](F)CN(C)C3)n3cccc23)c(F)c1. The second-order valence-electron chi connectivity index (χ2n) is 7.17. The third-order valence-electron chi connectivity index (χ3n) is 4.83. The number of halogens is 2. The number of anilines is 1.